The number of hydrogen-bond acceptors (Lipinski definition) is 3. The van der Waals surface area contributed by atoms with Crippen molar-refractivity contribution in [3.8, 4) is 0 Å². The van der Waals surface area contributed by atoms with Crippen molar-refractivity contribution >= 4 is 28.8 Å². The second-order valence-electron chi connectivity index (χ2n) is 4.54. The number of alkyl halides is 1. The number of nitrogens with zero attached hydrogens (tertiary/aromatic N) is 2. The Labute approximate surface area is 116 Å². The van der Waals surface area contributed by atoms with Crippen LogP contribution in [0.1, 0.15) is 29.1 Å². The third kappa shape index (κ3) is 2.02. The van der Waals surface area contributed by atoms with Gasteiger partial charge in [0.25, 0.3) is 0 Å². The third-order valence-electron chi connectivity index (χ3n) is 3.50. The summed E-state index contributed by atoms with van der Waals surface area (Å²) < 4.78 is 0. The van der Waals surface area contributed by atoms with E-state index >= 15 is 0 Å². The van der Waals surface area contributed by atoms with Crippen LogP contribution in [0.5, 0.6) is 0 Å². The predicted octanol–water partition coefficient (Wildman–Crippen LogP) is 4.01. The summed E-state index contributed by atoms with van der Waals surface area (Å²) in [6, 6.07) is 8.72. The minimum absolute atomic E-state index is 0.401. The maximum Gasteiger partial charge on any atom is 0.129 e. The minimum Gasteiger partial charge on any atom is -0.349 e. The minimum atomic E-state index is 0.401. The molecular weight excluding hydrogens is 264 g/mol. The van der Waals surface area contributed by atoms with Crippen LogP contribution in [-0.2, 0) is 12.3 Å². The molecule has 1 atom stereocenters. The van der Waals surface area contributed by atoms with Crippen molar-refractivity contribution in [1.29, 1.82) is 0 Å². The molecule has 2 aromatic rings. The zero-order valence-electron chi connectivity index (χ0n) is 10.3. The van der Waals surface area contributed by atoms with Crippen LogP contribution in [0.3, 0.4) is 0 Å². The van der Waals surface area contributed by atoms with Crippen LogP contribution in [0.2, 0.25) is 0 Å². The number of thiophene rings is 1. The van der Waals surface area contributed by atoms with E-state index in [1.54, 1.807) is 0 Å². The Hall–Kier alpha value is -1.06. The molecule has 0 N–H and O–H groups in total. The van der Waals surface area contributed by atoms with E-state index in [4.69, 9.17) is 11.6 Å². The zero-order chi connectivity index (χ0) is 12.5. The summed E-state index contributed by atoms with van der Waals surface area (Å²) in [5.74, 6) is 1.51. The first-order valence-electron chi connectivity index (χ1n) is 6.14. The van der Waals surface area contributed by atoms with Crippen LogP contribution in [-0.4, -0.2) is 11.5 Å². The molecule has 1 aliphatic rings. The largest absolute Gasteiger partial charge is 0.349 e. The van der Waals surface area contributed by atoms with Crippen molar-refractivity contribution in [2.45, 2.75) is 25.3 Å². The standard InChI is InChI=1S/C14H15ClN2S/c1-10-12-6-8-18-13(12)5-7-17(10)14-4-2-3-11(9-15)16-14/h2-4,6,8,10H,5,7,9H2,1H3. The van der Waals surface area contributed by atoms with Gasteiger partial charge < -0.3 is 4.90 Å². The van der Waals surface area contributed by atoms with E-state index < -0.39 is 0 Å². The summed E-state index contributed by atoms with van der Waals surface area (Å²) in [5.41, 5.74) is 2.39. The Morgan fingerprint density at radius 3 is 3.17 bits per heavy atom. The lowest BCUT2D eigenvalue weighted by Gasteiger charge is -2.34. The Bertz CT molecular complexity index is 552. The highest BCUT2D eigenvalue weighted by Gasteiger charge is 2.25. The lowest BCUT2D eigenvalue weighted by molar-refractivity contribution is 0.624. The van der Waals surface area contributed by atoms with Gasteiger partial charge in [-0.2, -0.15) is 0 Å². The molecule has 3 rings (SSSR count). The summed E-state index contributed by atoms with van der Waals surface area (Å²) in [4.78, 5) is 8.51. The quantitative estimate of drug-likeness (QED) is 0.772. The van der Waals surface area contributed by atoms with Crippen molar-refractivity contribution in [2.24, 2.45) is 0 Å². The van der Waals surface area contributed by atoms with E-state index in [2.05, 4.69) is 34.3 Å². The van der Waals surface area contributed by atoms with E-state index in [0.29, 0.717) is 11.9 Å². The Balaban J connectivity index is 1.94. The van der Waals surface area contributed by atoms with E-state index in [1.807, 2.05) is 23.5 Å². The first-order valence-corrected chi connectivity index (χ1v) is 7.56. The molecule has 2 nitrogen and oxygen atoms in total. The summed E-state index contributed by atoms with van der Waals surface area (Å²) in [7, 11) is 0. The molecule has 3 heterocycles. The normalized spacial score (nSPS) is 18.8. The third-order valence-corrected chi connectivity index (χ3v) is 4.77. The summed E-state index contributed by atoms with van der Waals surface area (Å²) in [5, 5.41) is 2.19. The highest BCUT2D eigenvalue weighted by Crippen LogP contribution is 2.35. The van der Waals surface area contributed by atoms with Crippen LogP contribution in [0.4, 0.5) is 5.82 Å². The molecule has 0 saturated carbocycles. The van der Waals surface area contributed by atoms with Crippen LogP contribution < -0.4 is 4.90 Å². The zero-order valence-corrected chi connectivity index (χ0v) is 11.8. The number of rotatable bonds is 2. The monoisotopic (exact) mass is 278 g/mol. The van der Waals surface area contributed by atoms with Gasteiger partial charge in [-0.05, 0) is 42.5 Å². The second-order valence-corrected chi connectivity index (χ2v) is 5.81. The Morgan fingerprint density at radius 1 is 1.44 bits per heavy atom. The summed E-state index contributed by atoms with van der Waals surface area (Å²) >= 11 is 7.72. The van der Waals surface area contributed by atoms with E-state index in [1.165, 1.54) is 10.4 Å². The first kappa shape index (κ1) is 12.0. The molecule has 0 fully saturated rings. The lowest BCUT2D eigenvalue weighted by Crippen LogP contribution is -2.33. The molecule has 0 amide bonds. The topological polar surface area (TPSA) is 16.1 Å². The summed E-state index contributed by atoms with van der Waals surface area (Å²) in [6.45, 7) is 3.28. The van der Waals surface area contributed by atoms with E-state index in [-0.39, 0.29) is 0 Å². The Kier molecular flexibility index (Phi) is 3.27. The van der Waals surface area contributed by atoms with E-state index in [0.717, 1.165) is 24.5 Å². The fraction of sp³-hybridized carbons (Fsp3) is 0.357. The fourth-order valence-electron chi connectivity index (χ4n) is 2.52. The van der Waals surface area contributed by atoms with Gasteiger partial charge >= 0.3 is 0 Å². The molecule has 1 unspecified atom stereocenters. The molecule has 1 aliphatic heterocycles. The van der Waals surface area contributed by atoms with Crippen molar-refractivity contribution in [3.05, 3.63) is 45.8 Å². The molecule has 0 bridgehead atoms. The lowest BCUT2D eigenvalue weighted by atomic mass is 10.0. The molecule has 2 aromatic heterocycles. The SMILES string of the molecule is CC1c2ccsc2CCN1c1cccc(CCl)n1. The van der Waals surface area contributed by atoms with Crippen molar-refractivity contribution in [3.63, 3.8) is 0 Å². The number of anilines is 1. The molecular formula is C14H15ClN2S. The smallest absolute Gasteiger partial charge is 0.129 e. The van der Waals surface area contributed by atoms with Crippen LogP contribution in [0.15, 0.2) is 29.6 Å². The number of fused-ring (bicyclic) bond motifs is 1. The second kappa shape index (κ2) is 4.90. The highest BCUT2D eigenvalue weighted by atomic mass is 35.5. The van der Waals surface area contributed by atoms with Gasteiger partial charge in [0.05, 0.1) is 17.6 Å². The molecule has 4 heteroatoms. The van der Waals surface area contributed by atoms with Crippen molar-refractivity contribution in [1.82, 2.24) is 4.98 Å². The van der Waals surface area contributed by atoms with Gasteiger partial charge in [0.15, 0.2) is 0 Å². The molecule has 0 aliphatic carbocycles. The summed E-state index contributed by atoms with van der Waals surface area (Å²) in [6.07, 6.45) is 1.12. The Morgan fingerprint density at radius 2 is 2.33 bits per heavy atom. The molecule has 0 saturated heterocycles. The average Bonchev–Trinajstić information content (AvgIpc) is 2.88. The fourth-order valence-corrected chi connectivity index (χ4v) is 3.64. The van der Waals surface area contributed by atoms with Crippen LogP contribution >= 0.6 is 22.9 Å². The molecule has 0 spiro atoms. The predicted molar refractivity (Wildman–Crippen MR) is 77.6 cm³/mol. The van der Waals surface area contributed by atoms with Crippen LogP contribution in [0.25, 0.3) is 0 Å². The molecule has 18 heavy (non-hydrogen) atoms. The maximum absolute atomic E-state index is 5.86. The van der Waals surface area contributed by atoms with Gasteiger partial charge in [-0.3, -0.25) is 0 Å². The first-order chi connectivity index (χ1) is 8.79. The van der Waals surface area contributed by atoms with Gasteiger partial charge in [0, 0.05) is 11.4 Å². The van der Waals surface area contributed by atoms with Gasteiger partial charge in [0.1, 0.15) is 5.82 Å². The molecule has 0 radical (unpaired) electrons. The highest BCUT2D eigenvalue weighted by molar-refractivity contribution is 7.10. The van der Waals surface area contributed by atoms with Gasteiger partial charge in [-0.1, -0.05) is 6.07 Å². The van der Waals surface area contributed by atoms with Crippen molar-refractivity contribution < 1.29 is 0 Å². The van der Waals surface area contributed by atoms with Crippen LogP contribution in [0, 0.1) is 0 Å². The van der Waals surface area contributed by atoms with Gasteiger partial charge in [-0.25, -0.2) is 4.98 Å². The van der Waals surface area contributed by atoms with Gasteiger partial charge in [-0.15, -0.1) is 22.9 Å². The molecule has 94 valence electrons. The number of hydrogen-bond donors (Lipinski definition) is 0. The average molecular weight is 279 g/mol. The number of pyridine rings is 1. The van der Waals surface area contributed by atoms with Crippen molar-refractivity contribution in [2.75, 3.05) is 11.4 Å². The number of halogens is 1. The maximum atomic E-state index is 5.86. The molecule has 0 aromatic carbocycles. The van der Waals surface area contributed by atoms with E-state index in [9.17, 15) is 0 Å². The van der Waals surface area contributed by atoms with Gasteiger partial charge in [0.2, 0.25) is 0 Å². The number of aromatic nitrogens is 1.